The highest BCUT2D eigenvalue weighted by atomic mass is 35.5. The summed E-state index contributed by atoms with van der Waals surface area (Å²) in [6.45, 7) is 9.94. The van der Waals surface area contributed by atoms with Gasteiger partial charge < -0.3 is 69.4 Å². The maximum atomic E-state index is 12.3. The minimum absolute atomic E-state index is 0. The first-order valence-electron chi connectivity index (χ1n) is 24.9. The maximum Gasteiger partial charge on any atom is 0.247 e. The highest BCUT2D eigenvalue weighted by molar-refractivity contribution is 6.66. The zero-order valence-corrected chi connectivity index (χ0v) is 49.6. The second-order valence-corrected chi connectivity index (χ2v) is 19.8. The van der Waals surface area contributed by atoms with E-state index in [1.54, 1.807) is 34.5 Å². The molecule has 8 aromatic rings. The smallest absolute Gasteiger partial charge is 0.247 e. The highest BCUT2D eigenvalue weighted by Gasteiger charge is 2.21. The van der Waals surface area contributed by atoms with E-state index in [0.717, 1.165) is 76.6 Å². The van der Waals surface area contributed by atoms with Crippen molar-refractivity contribution in [2.24, 2.45) is 14.1 Å². The highest BCUT2D eigenvalue weighted by Crippen LogP contribution is 2.41. The van der Waals surface area contributed by atoms with E-state index in [1.807, 2.05) is 125 Å². The number of halogens is 3. The number of aryl methyl sites for hydroxylation is 2. The topological polar surface area (TPSA) is 233 Å². The van der Waals surface area contributed by atoms with E-state index < -0.39 is 5.24 Å². The number of hydrogen-bond donors (Lipinski definition) is 4. The number of allylic oxidation sites excluding steroid dienone is 1. The number of carbonyl (C=O) groups excluding carboxylic acids is 2. The third-order valence-corrected chi connectivity index (χ3v) is 13.2. The predicted molar refractivity (Wildman–Crippen MR) is 334 cm³/mol. The van der Waals surface area contributed by atoms with Gasteiger partial charge in [0.25, 0.3) is 0 Å². The molecule has 1 amide bonds. The minimum Gasteiger partial charge on any atom is -0.495 e. The molecule has 0 aliphatic heterocycles. The molecule has 0 fully saturated rings. The summed E-state index contributed by atoms with van der Waals surface area (Å²) in [6, 6.07) is 14.9. The van der Waals surface area contributed by atoms with E-state index in [9.17, 15) is 9.59 Å². The van der Waals surface area contributed by atoms with Gasteiger partial charge in [0.2, 0.25) is 23.0 Å². The van der Waals surface area contributed by atoms with Gasteiger partial charge in [0.05, 0.1) is 83.6 Å². The molecular formula is C57H71Cl3N16O6. The quantitative estimate of drug-likeness (QED) is 0.0298. The third-order valence-electron chi connectivity index (χ3n) is 12.5. The summed E-state index contributed by atoms with van der Waals surface area (Å²) in [5.74, 6) is 3.63. The summed E-state index contributed by atoms with van der Waals surface area (Å²) in [5, 5.41) is 11.7. The van der Waals surface area contributed by atoms with Gasteiger partial charge in [-0.3, -0.25) is 9.59 Å². The molecule has 0 aliphatic carbocycles. The van der Waals surface area contributed by atoms with Gasteiger partial charge >= 0.3 is 0 Å². The summed E-state index contributed by atoms with van der Waals surface area (Å²) in [4.78, 5) is 56.9. The number of amides is 1. The Labute approximate surface area is 493 Å². The number of nitrogens with two attached hydrogens (primary N) is 1. The predicted octanol–water partition coefficient (Wildman–Crippen LogP) is 10.2. The van der Waals surface area contributed by atoms with Gasteiger partial charge in [0, 0.05) is 101 Å². The van der Waals surface area contributed by atoms with Crippen LogP contribution >= 0.6 is 34.8 Å². The summed E-state index contributed by atoms with van der Waals surface area (Å²) < 4.78 is 26.1. The largest absolute Gasteiger partial charge is 0.495 e. The summed E-state index contributed by atoms with van der Waals surface area (Å²) >= 11 is 17.4. The molecule has 4 aromatic heterocycles. The normalized spacial score (nSPS) is 10.7. The lowest BCUT2D eigenvalue weighted by molar-refractivity contribution is -0.112. The van der Waals surface area contributed by atoms with Crippen molar-refractivity contribution >= 4 is 114 Å². The van der Waals surface area contributed by atoms with E-state index in [2.05, 4.69) is 73.7 Å². The van der Waals surface area contributed by atoms with Crippen molar-refractivity contribution in [1.29, 1.82) is 0 Å². The van der Waals surface area contributed by atoms with Gasteiger partial charge in [-0.2, -0.15) is 9.97 Å². The molecule has 0 aliphatic rings. The van der Waals surface area contributed by atoms with E-state index in [4.69, 9.17) is 59.5 Å². The SMILES string of the molecule is C.C=CC(=O)Cl.C=CC(=O)Nc1cc(Nc2ncnc(-c3cn(C)c4cc(Cl)c(OC)cc34)n2)c(OC)cc1N(C)CCN(C)C.COc1cc2c(-c3ncnc(Nc4cc(N)c(N(C)CCN(C)C)cc4OC)n3)cn(C)c2cc1Cl. The first kappa shape index (κ1) is 64.4. The van der Waals surface area contributed by atoms with E-state index >= 15 is 0 Å². The van der Waals surface area contributed by atoms with Gasteiger partial charge in [0.1, 0.15) is 35.7 Å². The van der Waals surface area contributed by atoms with Crippen molar-refractivity contribution in [2.75, 3.05) is 128 Å². The third kappa shape index (κ3) is 15.9. The fourth-order valence-corrected chi connectivity index (χ4v) is 8.68. The van der Waals surface area contributed by atoms with Crippen LogP contribution in [0, 0.1) is 0 Å². The molecule has 0 spiro atoms. The standard InChI is InChI=1S/C28H33ClN8O3.C25H31ClN8O2.C3H3ClO.CH4/c1-8-26(38)32-20-13-21(25(40-7)14-23(20)36(4)10-9-35(2)3)33-28-31-16-30-27(34-28)18-15-37(5)22-12-19(29)24(39-6)11-17(18)22;1-32(2)7-8-33(3)21-12-23(36-6)19(11-18(21)27)30-25-29-14-28-24(31-25)16-13-34(4)20-10-17(26)22(35-5)9-15(16)20;1-2-3(4)5;/h8,11-16H,1,9-10H2,2-7H3,(H,32,38)(H,30,31,33,34);9-14H,7-8,27H2,1-6H3,(H,28,29,30,31);2H,1H2;1H4. The van der Waals surface area contributed by atoms with E-state index in [1.165, 1.54) is 18.7 Å². The molecule has 0 unspecified atom stereocenters. The van der Waals surface area contributed by atoms with Gasteiger partial charge in [0.15, 0.2) is 11.6 Å². The molecule has 0 radical (unpaired) electrons. The number of likely N-dealkylation sites (N-methyl/N-ethyl adjacent to an activating group) is 4. The number of nitrogen functional groups attached to an aromatic ring is 1. The van der Waals surface area contributed by atoms with Crippen LogP contribution in [0.4, 0.5) is 46.0 Å². The molecular weight excluding hydrogens is 1110 g/mol. The number of benzene rings is 4. The molecule has 22 nitrogen and oxygen atoms in total. The lowest BCUT2D eigenvalue weighted by atomic mass is 10.1. The first-order chi connectivity index (χ1) is 38.6. The Morgan fingerprint density at radius 2 is 1.01 bits per heavy atom. The van der Waals surface area contributed by atoms with Crippen LogP contribution in [0.2, 0.25) is 10.0 Å². The Bertz CT molecular complexity index is 3550. The maximum absolute atomic E-state index is 12.3. The number of fused-ring (bicyclic) bond motifs is 2. The monoisotopic (exact) mass is 1180 g/mol. The number of methoxy groups -OCH3 is 4. The molecule has 25 heteroatoms. The Balaban J connectivity index is 0.000000276. The zero-order chi connectivity index (χ0) is 59.2. The van der Waals surface area contributed by atoms with E-state index in [-0.39, 0.29) is 13.3 Å². The number of aromatic nitrogens is 8. The van der Waals surface area contributed by atoms with Gasteiger partial charge in [-0.15, -0.1) is 0 Å². The lowest BCUT2D eigenvalue weighted by Crippen LogP contribution is -2.29. The van der Waals surface area contributed by atoms with Crippen LogP contribution in [-0.2, 0) is 23.7 Å². The average molecular weight is 1180 g/mol. The number of nitrogens with zero attached hydrogens (tertiary/aromatic N) is 12. The Morgan fingerprint density at radius 1 is 0.598 bits per heavy atom. The second-order valence-electron chi connectivity index (χ2n) is 18.7. The molecule has 82 heavy (non-hydrogen) atoms. The van der Waals surface area contributed by atoms with Gasteiger partial charge in [-0.05, 0) is 88.3 Å². The van der Waals surface area contributed by atoms with Crippen molar-refractivity contribution in [3.63, 3.8) is 0 Å². The Hall–Kier alpha value is -8.41. The van der Waals surface area contributed by atoms with Crippen molar-refractivity contribution in [1.82, 2.24) is 48.8 Å². The molecule has 0 saturated carbocycles. The molecule has 5 N–H and O–H groups in total. The molecule has 4 aromatic carbocycles. The summed E-state index contributed by atoms with van der Waals surface area (Å²) in [5.41, 5.74) is 14.0. The Kier molecular flexibility index (Phi) is 23.1. The van der Waals surface area contributed by atoms with Gasteiger partial charge in [-0.25, -0.2) is 19.9 Å². The van der Waals surface area contributed by atoms with Crippen molar-refractivity contribution in [3.05, 3.63) is 109 Å². The molecule has 436 valence electrons. The average Bonchev–Trinajstić information content (AvgIpc) is 3.84. The molecule has 0 saturated heterocycles. The van der Waals surface area contributed by atoms with E-state index in [0.29, 0.717) is 79.3 Å². The number of hydrogen-bond acceptors (Lipinski definition) is 19. The van der Waals surface area contributed by atoms with Crippen LogP contribution in [0.3, 0.4) is 0 Å². The Morgan fingerprint density at radius 3 is 1.41 bits per heavy atom. The summed E-state index contributed by atoms with van der Waals surface area (Å²) in [7, 11) is 22.3. The van der Waals surface area contributed by atoms with Crippen LogP contribution in [0.25, 0.3) is 44.6 Å². The van der Waals surface area contributed by atoms with Crippen LogP contribution in [0.5, 0.6) is 23.0 Å². The van der Waals surface area contributed by atoms with Crippen LogP contribution < -0.4 is 50.4 Å². The van der Waals surface area contributed by atoms with Gasteiger partial charge in [-0.1, -0.05) is 43.8 Å². The zero-order valence-electron chi connectivity index (χ0n) is 47.4. The molecule has 0 atom stereocenters. The van der Waals surface area contributed by atoms with Crippen LogP contribution in [0.1, 0.15) is 7.43 Å². The minimum atomic E-state index is -0.509. The fraction of sp³-hybridized carbons (Fsp3) is 0.298. The van der Waals surface area contributed by atoms with Crippen LogP contribution in [0.15, 0.2) is 98.9 Å². The molecule has 8 rings (SSSR count). The number of carbonyl (C=O) groups is 2. The number of ether oxygens (including phenoxy) is 4. The van der Waals surface area contributed by atoms with Crippen molar-refractivity contribution in [3.8, 4) is 45.8 Å². The molecule has 4 heterocycles. The first-order valence-corrected chi connectivity index (χ1v) is 26.0. The van der Waals surface area contributed by atoms with Crippen molar-refractivity contribution in [2.45, 2.75) is 7.43 Å². The fourth-order valence-electron chi connectivity index (χ4n) is 8.21. The second kappa shape index (κ2) is 29.3. The van der Waals surface area contributed by atoms with Crippen molar-refractivity contribution < 1.29 is 28.5 Å². The van der Waals surface area contributed by atoms with Crippen LogP contribution in [-0.4, -0.2) is 157 Å². The number of anilines is 8. The lowest BCUT2D eigenvalue weighted by Gasteiger charge is -2.25. The number of rotatable bonds is 21. The summed E-state index contributed by atoms with van der Waals surface area (Å²) in [6.07, 6.45) is 9.06. The number of nitrogens with one attached hydrogen (secondary N) is 3. The molecule has 0 bridgehead atoms.